The number of H-pyrrole nitrogens is 1. The first-order chi connectivity index (χ1) is 15.5. The van der Waals surface area contributed by atoms with E-state index in [4.69, 9.17) is 9.15 Å². The average molecular weight is 467 g/mol. The van der Waals surface area contributed by atoms with E-state index in [1.807, 2.05) is 12.1 Å². The second-order valence-electron chi connectivity index (χ2n) is 9.13. The summed E-state index contributed by atoms with van der Waals surface area (Å²) in [5, 5.41) is 1.32. The van der Waals surface area contributed by atoms with Gasteiger partial charge in [0.15, 0.2) is 5.78 Å². The molecule has 0 bridgehead atoms. The normalized spacial score (nSPS) is 12.3. The summed E-state index contributed by atoms with van der Waals surface area (Å²) in [6.07, 6.45) is 0.168. The lowest BCUT2D eigenvalue weighted by atomic mass is 9.96. The lowest BCUT2D eigenvalue weighted by molar-refractivity contribution is -0.122. The number of nitrogens with one attached hydrogen (secondary N) is 1. The van der Waals surface area contributed by atoms with Gasteiger partial charge in [0, 0.05) is 13.5 Å². The van der Waals surface area contributed by atoms with Gasteiger partial charge < -0.3 is 14.1 Å². The number of methoxy groups -OCH3 is 1. The van der Waals surface area contributed by atoms with Crippen molar-refractivity contribution in [3.63, 3.8) is 0 Å². The van der Waals surface area contributed by atoms with Crippen molar-refractivity contribution in [2.75, 3.05) is 14.2 Å². The van der Waals surface area contributed by atoms with Gasteiger partial charge in [0.25, 0.3) is 5.91 Å². The Morgan fingerprint density at radius 2 is 1.67 bits per heavy atom. The van der Waals surface area contributed by atoms with E-state index in [1.165, 1.54) is 17.0 Å². The van der Waals surface area contributed by atoms with Gasteiger partial charge in [0.05, 0.1) is 15.2 Å². The molecule has 174 valence electrons. The molecule has 1 N–H and O–H groups in total. The van der Waals surface area contributed by atoms with Gasteiger partial charge in [-0.2, -0.15) is 0 Å². The summed E-state index contributed by atoms with van der Waals surface area (Å²) in [4.78, 5) is 42.0. The Morgan fingerprint density at radius 3 is 2.15 bits per heavy atom. The number of hydrogen-bond acceptors (Lipinski definition) is 5. The number of carbonyl (C=O) groups is 2. The second kappa shape index (κ2) is 9.62. The molecule has 0 saturated heterocycles. The topological polar surface area (TPSA) is 92.6 Å². The highest BCUT2D eigenvalue weighted by atomic mass is 28.3. The van der Waals surface area contributed by atoms with Crippen LogP contribution < -0.4 is 15.7 Å². The molecule has 1 amide bonds. The van der Waals surface area contributed by atoms with Crippen molar-refractivity contribution in [3.8, 4) is 5.75 Å². The summed E-state index contributed by atoms with van der Waals surface area (Å²) < 4.78 is 10.2. The highest BCUT2D eigenvalue weighted by Gasteiger charge is 2.31. The number of aromatic amines is 1. The molecule has 1 atom stereocenters. The Balaban J connectivity index is 1.93. The molecule has 7 nitrogen and oxygen atoms in total. The van der Waals surface area contributed by atoms with E-state index < -0.39 is 25.8 Å². The number of benzene rings is 2. The first-order valence-corrected chi connectivity index (χ1v) is 14.2. The number of aryl methyl sites for hydroxylation is 1. The molecule has 1 heterocycles. The molecule has 33 heavy (non-hydrogen) atoms. The standard InChI is InChI=1S/C25H30N2O5Si/c1-16-22(26-25(30)32-16)24(29)27(2)23(18-9-11-19(31-3)12-10-18)21(28)15-17-7-13-20(14-8-17)33(4,5)6/h7-14,23H,15H2,1-6H3,(H,26,30). The summed E-state index contributed by atoms with van der Waals surface area (Å²) in [6, 6.07) is 14.3. The molecular weight excluding hydrogens is 436 g/mol. The van der Waals surface area contributed by atoms with Crippen LogP contribution in [0, 0.1) is 6.92 Å². The number of amides is 1. The third-order valence-electron chi connectivity index (χ3n) is 5.68. The molecule has 0 spiro atoms. The first kappa shape index (κ1) is 24.3. The number of likely N-dealkylation sites (N-methyl/N-ethyl adjacent to an activating group) is 1. The minimum Gasteiger partial charge on any atom is -0.497 e. The van der Waals surface area contributed by atoms with Crippen molar-refractivity contribution in [3.05, 3.63) is 81.7 Å². The van der Waals surface area contributed by atoms with Crippen LogP contribution in [0.15, 0.2) is 57.7 Å². The lowest BCUT2D eigenvalue weighted by Gasteiger charge is -2.27. The van der Waals surface area contributed by atoms with Crippen LogP contribution >= 0.6 is 0 Å². The van der Waals surface area contributed by atoms with Crippen LogP contribution in [-0.4, -0.2) is 43.8 Å². The Kier molecular flexibility index (Phi) is 7.07. The minimum absolute atomic E-state index is 0.0355. The Bertz CT molecular complexity index is 1190. The fraction of sp³-hybridized carbons (Fsp3) is 0.320. The predicted octanol–water partition coefficient (Wildman–Crippen LogP) is 3.46. The van der Waals surface area contributed by atoms with Crippen LogP contribution in [0.2, 0.25) is 19.6 Å². The van der Waals surface area contributed by atoms with Gasteiger partial charge in [-0.1, -0.05) is 61.2 Å². The molecular formula is C25H30N2O5Si. The van der Waals surface area contributed by atoms with Crippen LogP contribution in [-0.2, 0) is 11.2 Å². The summed E-state index contributed by atoms with van der Waals surface area (Å²) in [5.74, 6) is -0.517. The van der Waals surface area contributed by atoms with Crippen molar-refractivity contribution in [2.24, 2.45) is 0 Å². The van der Waals surface area contributed by atoms with E-state index in [1.54, 1.807) is 38.4 Å². The molecule has 0 aliphatic heterocycles. The van der Waals surface area contributed by atoms with E-state index >= 15 is 0 Å². The lowest BCUT2D eigenvalue weighted by Crippen LogP contribution is -2.38. The molecule has 1 aromatic heterocycles. The summed E-state index contributed by atoms with van der Waals surface area (Å²) in [5.41, 5.74) is 1.57. The third-order valence-corrected chi connectivity index (χ3v) is 7.75. The Labute approximate surface area is 194 Å². The minimum atomic E-state index is -1.44. The monoisotopic (exact) mass is 466 g/mol. The van der Waals surface area contributed by atoms with Crippen LogP contribution in [0.25, 0.3) is 0 Å². The molecule has 0 saturated carbocycles. The number of Topliss-reactive ketones (excluding diaryl/α,β-unsaturated/α-hetero) is 1. The zero-order valence-corrected chi connectivity index (χ0v) is 20.9. The molecule has 2 aromatic carbocycles. The molecule has 0 aliphatic carbocycles. The smallest absolute Gasteiger partial charge is 0.417 e. The molecule has 0 fully saturated rings. The number of aromatic nitrogens is 1. The van der Waals surface area contributed by atoms with Gasteiger partial charge in [-0.25, -0.2) is 4.79 Å². The number of hydrogen-bond donors (Lipinski definition) is 1. The van der Waals surface area contributed by atoms with E-state index in [0.29, 0.717) is 11.3 Å². The number of ether oxygens (including phenoxy) is 1. The van der Waals surface area contributed by atoms with E-state index in [2.05, 4.69) is 36.8 Å². The number of rotatable bonds is 8. The number of ketones is 1. The van der Waals surface area contributed by atoms with Crippen LogP contribution in [0.5, 0.6) is 5.75 Å². The number of oxazole rings is 1. The van der Waals surface area contributed by atoms with Crippen molar-refractivity contribution in [2.45, 2.75) is 39.0 Å². The maximum Gasteiger partial charge on any atom is 0.417 e. The largest absolute Gasteiger partial charge is 0.497 e. The van der Waals surface area contributed by atoms with Crippen LogP contribution in [0.3, 0.4) is 0 Å². The van der Waals surface area contributed by atoms with Crippen LogP contribution in [0.4, 0.5) is 0 Å². The molecule has 0 radical (unpaired) electrons. The van der Waals surface area contributed by atoms with Gasteiger partial charge in [0.1, 0.15) is 23.2 Å². The Hall–Kier alpha value is -3.39. The molecule has 8 heteroatoms. The van der Waals surface area contributed by atoms with Crippen molar-refractivity contribution >= 4 is 25.0 Å². The zero-order valence-electron chi connectivity index (χ0n) is 19.9. The van der Waals surface area contributed by atoms with Gasteiger partial charge in [-0.3, -0.25) is 14.6 Å². The third kappa shape index (κ3) is 5.51. The van der Waals surface area contributed by atoms with Gasteiger partial charge in [-0.15, -0.1) is 0 Å². The number of carbonyl (C=O) groups excluding carboxylic acids is 2. The maximum atomic E-state index is 13.5. The zero-order chi connectivity index (χ0) is 24.3. The van der Waals surface area contributed by atoms with E-state index in [0.717, 1.165) is 5.56 Å². The first-order valence-electron chi connectivity index (χ1n) is 10.7. The van der Waals surface area contributed by atoms with Crippen LogP contribution in [0.1, 0.15) is 33.4 Å². The Morgan fingerprint density at radius 1 is 1.06 bits per heavy atom. The summed E-state index contributed by atoms with van der Waals surface area (Å²) >= 11 is 0. The molecule has 3 aromatic rings. The number of nitrogens with zero attached hydrogens (tertiary/aromatic N) is 1. The quantitative estimate of drug-likeness (QED) is 0.513. The fourth-order valence-corrected chi connectivity index (χ4v) is 4.90. The van der Waals surface area contributed by atoms with E-state index in [9.17, 15) is 14.4 Å². The van der Waals surface area contributed by atoms with E-state index in [-0.39, 0.29) is 23.7 Å². The second-order valence-corrected chi connectivity index (χ2v) is 14.2. The van der Waals surface area contributed by atoms with Gasteiger partial charge in [-0.05, 0) is 30.2 Å². The highest BCUT2D eigenvalue weighted by molar-refractivity contribution is 6.88. The van der Waals surface area contributed by atoms with Gasteiger partial charge >= 0.3 is 5.76 Å². The maximum absolute atomic E-state index is 13.5. The SMILES string of the molecule is COc1ccc(C(C(=O)Cc2ccc([Si](C)(C)C)cc2)N(C)C(=O)c2[nH]c(=O)oc2C)cc1. The van der Waals surface area contributed by atoms with Crippen molar-refractivity contribution < 1.29 is 18.7 Å². The average Bonchev–Trinajstić information content (AvgIpc) is 3.11. The summed E-state index contributed by atoms with van der Waals surface area (Å²) in [7, 11) is 1.67. The molecule has 3 rings (SSSR count). The molecule has 1 unspecified atom stereocenters. The fourth-order valence-electron chi connectivity index (χ4n) is 3.74. The predicted molar refractivity (Wildman–Crippen MR) is 130 cm³/mol. The van der Waals surface area contributed by atoms with Gasteiger partial charge in [0.2, 0.25) is 0 Å². The molecule has 0 aliphatic rings. The highest BCUT2D eigenvalue weighted by Crippen LogP contribution is 2.26. The summed E-state index contributed by atoms with van der Waals surface area (Å²) in [6.45, 7) is 8.35. The van der Waals surface area contributed by atoms with Crippen molar-refractivity contribution in [1.82, 2.24) is 9.88 Å². The van der Waals surface area contributed by atoms with Crippen molar-refractivity contribution in [1.29, 1.82) is 0 Å².